The lowest BCUT2D eigenvalue weighted by Crippen LogP contribution is -2.13. The van der Waals surface area contributed by atoms with Crippen molar-refractivity contribution in [1.29, 1.82) is 0 Å². The number of nitrogens with zero attached hydrogens (tertiary/aromatic N) is 1. The van der Waals surface area contributed by atoms with E-state index in [1.165, 1.54) is 5.56 Å². The minimum Gasteiger partial charge on any atom is -0.358 e. The van der Waals surface area contributed by atoms with E-state index in [0.29, 0.717) is 23.3 Å². The molecular weight excluding hydrogens is 241 g/mol. The van der Waals surface area contributed by atoms with E-state index >= 15 is 0 Å². The minimum absolute atomic E-state index is 0.0662. The van der Waals surface area contributed by atoms with Gasteiger partial charge in [-0.2, -0.15) is 0 Å². The molecule has 2 unspecified atom stereocenters. The highest BCUT2D eigenvalue weighted by atomic mass is 35.5. The summed E-state index contributed by atoms with van der Waals surface area (Å²) in [6.07, 6.45) is 3.59. The summed E-state index contributed by atoms with van der Waals surface area (Å²) in [7, 11) is 0. The normalized spacial score (nSPS) is 30.8. The molecule has 3 nitrogen and oxygen atoms in total. The van der Waals surface area contributed by atoms with Crippen LogP contribution >= 0.6 is 11.6 Å². The molecule has 2 aliphatic rings. The average molecular weight is 252 g/mol. The Labute approximate surface area is 102 Å². The number of aromatic amines is 1. The fourth-order valence-electron chi connectivity index (χ4n) is 3.21. The maximum Gasteiger partial charge on any atom is 0.184 e. The standard InChI is InChI=1S/C12H11ClFN3/c13-12-10(14)11-8(4-17-12)7(3-16-11)9-5-1-15-2-6(5)9/h3-6,9,15-16H,1-2H2. The summed E-state index contributed by atoms with van der Waals surface area (Å²) >= 11 is 5.67. The summed E-state index contributed by atoms with van der Waals surface area (Å²) in [5, 5.41) is 4.18. The Hall–Kier alpha value is -1.13. The van der Waals surface area contributed by atoms with Crippen LogP contribution < -0.4 is 5.32 Å². The number of nitrogens with one attached hydrogen (secondary N) is 2. The number of fused-ring (bicyclic) bond motifs is 2. The zero-order valence-corrected chi connectivity index (χ0v) is 9.76. The van der Waals surface area contributed by atoms with Crippen molar-refractivity contribution >= 4 is 22.5 Å². The van der Waals surface area contributed by atoms with Crippen LogP contribution in [-0.2, 0) is 0 Å². The fourth-order valence-corrected chi connectivity index (χ4v) is 3.35. The quantitative estimate of drug-likeness (QED) is 0.764. The highest BCUT2D eigenvalue weighted by Gasteiger charge is 2.54. The molecule has 0 amide bonds. The molecule has 1 saturated carbocycles. The second kappa shape index (κ2) is 3.21. The highest BCUT2D eigenvalue weighted by Crippen LogP contribution is 2.57. The molecule has 0 bridgehead atoms. The highest BCUT2D eigenvalue weighted by molar-refractivity contribution is 6.30. The Bertz CT molecular complexity index is 599. The number of aromatic nitrogens is 2. The van der Waals surface area contributed by atoms with Crippen molar-refractivity contribution in [1.82, 2.24) is 15.3 Å². The SMILES string of the molecule is Fc1c(Cl)ncc2c(C3C4CNCC43)c[nH]c12. The third-order valence-corrected chi connectivity index (χ3v) is 4.37. The van der Waals surface area contributed by atoms with Crippen LogP contribution in [0, 0.1) is 17.7 Å². The van der Waals surface area contributed by atoms with Crippen molar-refractivity contribution < 1.29 is 4.39 Å². The van der Waals surface area contributed by atoms with Gasteiger partial charge in [0.05, 0.1) is 5.52 Å². The molecule has 1 saturated heterocycles. The minimum atomic E-state index is -0.445. The zero-order valence-electron chi connectivity index (χ0n) is 9.00. The zero-order chi connectivity index (χ0) is 11.6. The van der Waals surface area contributed by atoms with E-state index < -0.39 is 5.82 Å². The van der Waals surface area contributed by atoms with Crippen molar-refractivity contribution in [3.63, 3.8) is 0 Å². The smallest absolute Gasteiger partial charge is 0.184 e. The van der Waals surface area contributed by atoms with E-state index in [0.717, 1.165) is 18.5 Å². The van der Waals surface area contributed by atoms with Crippen molar-refractivity contribution in [2.75, 3.05) is 13.1 Å². The Morgan fingerprint density at radius 1 is 1.35 bits per heavy atom. The Morgan fingerprint density at radius 3 is 2.88 bits per heavy atom. The molecule has 88 valence electrons. The lowest BCUT2D eigenvalue weighted by atomic mass is 10.1. The fraction of sp³-hybridized carbons (Fsp3) is 0.417. The van der Waals surface area contributed by atoms with Gasteiger partial charge >= 0.3 is 0 Å². The average Bonchev–Trinajstić information content (AvgIpc) is 2.74. The number of hydrogen-bond acceptors (Lipinski definition) is 2. The van der Waals surface area contributed by atoms with Crippen LogP contribution in [-0.4, -0.2) is 23.1 Å². The van der Waals surface area contributed by atoms with Crippen LogP contribution in [0.1, 0.15) is 11.5 Å². The molecule has 1 aliphatic heterocycles. The maximum absolute atomic E-state index is 13.7. The molecule has 0 spiro atoms. The van der Waals surface area contributed by atoms with Gasteiger partial charge in [-0.05, 0) is 36.4 Å². The summed E-state index contributed by atoms with van der Waals surface area (Å²) in [5.41, 5.74) is 1.68. The molecule has 3 heterocycles. The Balaban J connectivity index is 1.85. The van der Waals surface area contributed by atoms with Gasteiger partial charge in [0.25, 0.3) is 0 Å². The number of H-pyrrole nitrogens is 1. The molecule has 0 aromatic carbocycles. The van der Waals surface area contributed by atoms with Gasteiger partial charge in [-0.1, -0.05) is 11.6 Å². The van der Waals surface area contributed by atoms with Crippen LogP contribution in [0.5, 0.6) is 0 Å². The van der Waals surface area contributed by atoms with E-state index in [1.54, 1.807) is 6.20 Å². The molecule has 4 rings (SSSR count). The van der Waals surface area contributed by atoms with Crippen LogP contribution in [0.25, 0.3) is 10.9 Å². The number of piperidine rings is 1. The van der Waals surface area contributed by atoms with E-state index in [1.807, 2.05) is 6.20 Å². The predicted molar refractivity (Wildman–Crippen MR) is 63.7 cm³/mol. The third kappa shape index (κ3) is 1.22. The Kier molecular flexibility index (Phi) is 1.86. The van der Waals surface area contributed by atoms with Gasteiger partial charge in [-0.25, -0.2) is 9.37 Å². The molecule has 17 heavy (non-hydrogen) atoms. The monoisotopic (exact) mass is 251 g/mol. The van der Waals surface area contributed by atoms with Gasteiger partial charge in [0.15, 0.2) is 11.0 Å². The maximum atomic E-state index is 13.7. The van der Waals surface area contributed by atoms with E-state index in [4.69, 9.17) is 11.6 Å². The topological polar surface area (TPSA) is 40.7 Å². The van der Waals surface area contributed by atoms with Gasteiger partial charge < -0.3 is 10.3 Å². The van der Waals surface area contributed by atoms with Crippen LogP contribution in [0.15, 0.2) is 12.4 Å². The summed E-state index contributed by atoms with van der Waals surface area (Å²) < 4.78 is 13.7. The molecule has 2 atom stereocenters. The predicted octanol–water partition coefficient (Wildman–Crippen LogP) is 2.29. The van der Waals surface area contributed by atoms with Gasteiger partial charge in [-0.15, -0.1) is 0 Å². The van der Waals surface area contributed by atoms with Gasteiger partial charge in [0, 0.05) is 17.8 Å². The molecule has 5 heteroatoms. The molecule has 2 N–H and O–H groups in total. The molecule has 1 aliphatic carbocycles. The van der Waals surface area contributed by atoms with Crippen LogP contribution in [0.3, 0.4) is 0 Å². The van der Waals surface area contributed by atoms with Gasteiger partial charge in [-0.3, -0.25) is 0 Å². The number of halogens is 2. The van der Waals surface area contributed by atoms with Crippen molar-refractivity contribution in [2.45, 2.75) is 5.92 Å². The molecular formula is C12H11ClFN3. The van der Waals surface area contributed by atoms with Crippen molar-refractivity contribution in [2.24, 2.45) is 11.8 Å². The van der Waals surface area contributed by atoms with Crippen molar-refractivity contribution in [3.05, 3.63) is 28.9 Å². The first-order valence-electron chi connectivity index (χ1n) is 5.79. The number of hydrogen-bond donors (Lipinski definition) is 2. The largest absolute Gasteiger partial charge is 0.358 e. The number of pyridine rings is 1. The van der Waals surface area contributed by atoms with Crippen molar-refractivity contribution in [3.8, 4) is 0 Å². The second-order valence-corrected chi connectivity index (χ2v) is 5.27. The van der Waals surface area contributed by atoms with E-state index in [9.17, 15) is 4.39 Å². The molecule has 2 fully saturated rings. The summed E-state index contributed by atoms with van der Waals surface area (Å²) in [6, 6.07) is 0. The first-order valence-corrected chi connectivity index (χ1v) is 6.17. The van der Waals surface area contributed by atoms with Gasteiger partial charge in [0.1, 0.15) is 0 Å². The lowest BCUT2D eigenvalue weighted by Gasteiger charge is -2.03. The summed E-state index contributed by atoms with van der Waals surface area (Å²) in [4.78, 5) is 6.89. The lowest BCUT2D eigenvalue weighted by molar-refractivity contribution is 0.632. The van der Waals surface area contributed by atoms with Crippen LogP contribution in [0.4, 0.5) is 4.39 Å². The summed E-state index contributed by atoms with van der Waals surface area (Å²) in [6.45, 7) is 2.15. The number of rotatable bonds is 1. The van der Waals surface area contributed by atoms with Crippen LogP contribution in [0.2, 0.25) is 5.15 Å². The molecule has 2 aromatic rings. The Morgan fingerprint density at radius 2 is 2.12 bits per heavy atom. The summed E-state index contributed by atoms with van der Waals surface area (Å²) in [5.74, 6) is 1.55. The third-order valence-electron chi connectivity index (χ3n) is 4.11. The van der Waals surface area contributed by atoms with E-state index in [2.05, 4.69) is 15.3 Å². The molecule has 0 radical (unpaired) electrons. The molecule has 2 aromatic heterocycles. The van der Waals surface area contributed by atoms with E-state index in [-0.39, 0.29) is 5.15 Å². The second-order valence-electron chi connectivity index (χ2n) is 4.91. The first kappa shape index (κ1) is 9.85. The first-order chi connectivity index (χ1) is 8.27. The van der Waals surface area contributed by atoms with Gasteiger partial charge in [0.2, 0.25) is 0 Å².